The van der Waals surface area contributed by atoms with Crippen molar-refractivity contribution < 1.29 is 28.6 Å². The molecule has 0 aliphatic rings. The molecule has 0 spiro atoms. The predicted molar refractivity (Wildman–Crippen MR) is 126 cm³/mol. The maximum Gasteiger partial charge on any atom is 0.312 e. The highest BCUT2D eigenvalue weighted by Crippen LogP contribution is 2.26. The lowest BCUT2D eigenvalue weighted by molar-refractivity contribution is -0.147. The van der Waals surface area contributed by atoms with Crippen molar-refractivity contribution >= 4 is 23.6 Å². The van der Waals surface area contributed by atoms with Gasteiger partial charge < -0.3 is 30.6 Å². The molecule has 0 heterocycles. The molecule has 3 amide bonds. The normalized spacial score (nSPS) is 11.1. The van der Waals surface area contributed by atoms with Gasteiger partial charge in [0, 0.05) is 11.8 Å². The molecule has 176 valence electrons. The molecule has 9 nitrogen and oxygen atoms in total. The summed E-state index contributed by atoms with van der Waals surface area (Å²) in [6.07, 6.45) is -0.232. The number of amides is 3. The number of primary amides is 1. The Bertz CT molecular complexity index is 1140. The quantitative estimate of drug-likeness (QED) is 0.393. The Balaban J connectivity index is 1.60. The number of ether oxygens (including phenoxy) is 3. The lowest BCUT2D eigenvalue weighted by Gasteiger charge is -2.18. The number of hydrogen-bond acceptors (Lipinski definition) is 6. The monoisotopic (exact) mass is 463 g/mol. The maximum absolute atomic E-state index is 12.4. The van der Waals surface area contributed by atoms with Crippen LogP contribution in [0.4, 0.5) is 10.5 Å². The lowest BCUT2D eigenvalue weighted by atomic mass is 10.0. The summed E-state index contributed by atoms with van der Waals surface area (Å²) in [7, 11) is 1.52. The van der Waals surface area contributed by atoms with Gasteiger partial charge in [-0.25, -0.2) is 4.79 Å². The third kappa shape index (κ3) is 7.56. The largest absolute Gasteiger partial charge is 0.497 e. The van der Waals surface area contributed by atoms with E-state index in [1.54, 1.807) is 60.7 Å². The molecule has 9 heteroatoms. The van der Waals surface area contributed by atoms with Crippen LogP contribution in [-0.2, 0) is 14.3 Å². The van der Waals surface area contributed by atoms with Crippen molar-refractivity contribution in [3.63, 3.8) is 0 Å². The molecule has 0 saturated carbocycles. The smallest absolute Gasteiger partial charge is 0.312 e. The molecule has 0 saturated heterocycles. The highest BCUT2D eigenvalue weighted by Gasteiger charge is 2.20. The number of para-hydroxylation sites is 1. The molecule has 0 aliphatic carbocycles. The molecular formula is C25H25N3O6. The van der Waals surface area contributed by atoms with Gasteiger partial charge in [-0.05, 0) is 42.0 Å². The molecule has 0 bridgehead atoms. The molecule has 34 heavy (non-hydrogen) atoms. The molecule has 4 N–H and O–H groups in total. The van der Waals surface area contributed by atoms with Crippen LogP contribution in [0.2, 0.25) is 0 Å². The minimum Gasteiger partial charge on any atom is -0.497 e. The molecule has 0 aliphatic heterocycles. The lowest BCUT2D eigenvalue weighted by Crippen LogP contribution is -2.35. The van der Waals surface area contributed by atoms with Crippen LogP contribution < -0.4 is 25.8 Å². The first-order valence-electron chi connectivity index (χ1n) is 10.4. The van der Waals surface area contributed by atoms with Gasteiger partial charge in [0.15, 0.2) is 6.61 Å². The SMILES string of the molecule is COc1cccc(NC(=O)COC(=O)CC(NC(N)=O)c2cccc(Oc3ccccc3)c2)c1. The zero-order chi connectivity index (χ0) is 24.3. The number of esters is 1. The molecule has 1 atom stereocenters. The molecule has 0 aromatic heterocycles. The summed E-state index contributed by atoms with van der Waals surface area (Å²) >= 11 is 0. The van der Waals surface area contributed by atoms with Gasteiger partial charge in [-0.3, -0.25) is 9.59 Å². The molecule has 3 aromatic rings. The van der Waals surface area contributed by atoms with E-state index in [1.807, 2.05) is 18.2 Å². The van der Waals surface area contributed by atoms with Crippen molar-refractivity contribution in [3.05, 3.63) is 84.4 Å². The van der Waals surface area contributed by atoms with Gasteiger partial charge in [-0.15, -0.1) is 0 Å². The van der Waals surface area contributed by atoms with Crippen molar-refractivity contribution in [3.8, 4) is 17.2 Å². The van der Waals surface area contributed by atoms with Crippen LogP contribution in [0.3, 0.4) is 0 Å². The Hall–Kier alpha value is -4.53. The first kappa shape index (κ1) is 24.1. The Morgan fingerprint density at radius 1 is 0.882 bits per heavy atom. The minimum absolute atomic E-state index is 0.232. The van der Waals surface area contributed by atoms with Crippen molar-refractivity contribution in [2.75, 3.05) is 19.0 Å². The second-order valence-electron chi connectivity index (χ2n) is 7.19. The predicted octanol–water partition coefficient (Wildman–Crippen LogP) is 3.77. The molecule has 3 rings (SSSR count). The van der Waals surface area contributed by atoms with E-state index in [2.05, 4.69) is 10.6 Å². The third-order valence-electron chi connectivity index (χ3n) is 4.64. The minimum atomic E-state index is -0.803. The van der Waals surface area contributed by atoms with E-state index in [-0.39, 0.29) is 6.42 Å². The summed E-state index contributed by atoms with van der Waals surface area (Å²) < 4.78 is 16.0. The van der Waals surface area contributed by atoms with Crippen LogP contribution in [0.25, 0.3) is 0 Å². The maximum atomic E-state index is 12.4. The van der Waals surface area contributed by atoms with E-state index >= 15 is 0 Å². The number of nitrogens with two attached hydrogens (primary N) is 1. The second-order valence-corrected chi connectivity index (χ2v) is 7.19. The summed E-state index contributed by atoms with van der Waals surface area (Å²) in [6, 6.07) is 21.3. The average Bonchev–Trinajstić information content (AvgIpc) is 2.83. The van der Waals surface area contributed by atoms with Crippen LogP contribution in [0, 0.1) is 0 Å². The van der Waals surface area contributed by atoms with Gasteiger partial charge in [0.1, 0.15) is 17.2 Å². The number of carbonyl (C=O) groups is 3. The number of methoxy groups -OCH3 is 1. The molecule has 0 fully saturated rings. The summed E-state index contributed by atoms with van der Waals surface area (Å²) in [5, 5.41) is 5.14. The standard InChI is InChI=1S/C25H25N3O6/c1-32-20-11-6-8-18(14-20)27-23(29)16-33-24(30)15-22(28-25(26)31)17-7-5-12-21(13-17)34-19-9-3-2-4-10-19/h2-14,22H,15-16H2,1H3,(H,27,29)(H3,26,28,31). The number of benzene rings is 3. The summed E-state index contributed by atoms with van der Waals surface area (Å²) in [5.41, 5.74) is 6.38. The first-order valence-corrected chi connectivity index (χ1v) is 10.4. The third-order valence-corrected chi connectivity index (χ3v) is 4.64. The van der Waals surface area contributed by atoms with Gasteiger partial charge in [0.2, 0.25) is 0 Å². The van der Waals surface area contributed by atoms with E-state index in [9.17, 15) is 14.4 Å². The van der Waals surface area contributed by atoms with Gasteiger partial charge >= 0.3 is 12.0 Å². The Morgan fingerprint density at radius 3 is 2.32 bits per heavy atom. The number of urea groups is 1. The van der Waals surface area contributed by atoms with Crippen LogP contribution in [0.5, 0.6) is 17.2 Å². The van der Waals surface area contributed by atoms with Gasteiger partial charge in [-0.1, -0.05) is 36.4 Å². The second kappa shape index (κ2) is 11.9. The van der Waals surface area contributed by atoms with Crippen molar-refractivity contribution in [2.24, 2.45) is 5.73 Å². The Labute approximate surface area is 196 Å². The highest BCUT2D eigenvalue weighted by molar-refractivity contribution is 5.93. The fourth-order valence-electron chi connectivity index (χ4n) is 3.11. The number of carbonyl (C=O) groups excluding carboxylic acids is 3. The zero-order valence-electron chi connectivity index (χ0n) is 18.5. The number of rotatable bonds is 10. The van der Waals surface area contributed by atoms with Crippen LogP contribution in [0.15, 0.2) is 78.9 Å². The van der Waals surface area contributed by atoms with E-state index in [1.165, 1.54) is 7.11 Å². The van der Waals surface area contributed by atoms with Crippen LogP contribution in [-0.4, -0.2) is 31.6 Å². The van der Waals surface area contributed by atoms with E-state index in [0.717, 1.165) is 0 Å². The van der Waals surface area contributed by atoms with Crippen LogP contribution >= 0.6 is 0 Å². The van der Waals surface area contributed by atoms with Crippen molar-refractivity contribution in [2.45, 2.75) is 12.5 Å². The average molecular weight is 463 g/mol. The zero-order valence-corrected chi connectivity index (χ0v) is 18.5. The van der Waals surface area contributed by atoms with Gasteiger partial charge in [0.25, 0.3) is 5.91 Å². The number of nitrogens with one attached hydrogen (secondary N) is 2. The Kier molecular flexibility index (Phi) is 8.45. The van der Waals surface area contributed by atoms with E-state index in [0.29, 0.717) is 28.5 Å². The molecule has 0 radical (unpaired) electrons. The summed E-state index contributed by atoms with van der Waals surface area (Å²) in [5.74, 6) is 0.536. The van der Waals surface area contributed by atoms with Crippen molar-refractivity contribution in [1.82, 2.24) is 5.32 Å². The number of anilines is 1. The molecule has 1 unspecified atom stereocenters. The van der Waals surface area contributed by atoms with E-state index < -0.39 is 30.6 Å². The van der Waals surface area contributed by atoms with Crippen LogP contribution in [0.1, 0.15) is 18.0 Å². The molecule has 3 aromatic carbocycles. The van der Waals surface area contributed by atoms with Crippen molar-refractivity contribution in [1.29, 1.82) is 0 Å². The number of hydrogen-bond donors (Lipinski definition) is 3. The van der Waals surface area contributed by atoms with Gasteiger partial charge in [-0.2, -0.15) is 0 Å². The molecular weight excluding hydrogens is 438 g/mol. The summed E-state index contributed by atoms with van der Waals surface area (Å²) in [6.45, 7) is -0.490. The first-order chi connectivity index (χ1) is 16.4. The van der Waals surface area contributed by atoms with E-state index in [4.69, 9.17) is 19.9 Å². The van der Waals surface area contributed by atoms with Gasteiger partial charge in [0.05, 0.1) is 19.6 Å². The fraction of sp³-hybridized carbons (Fsp3) is 0.160. The highest BCUT2D eigenvalue weighted by atomic mass is 16.5. The topological polar surface area (TPSA) is 129 Å². The Morgan fingerprint density at radius 2 is 1.59 bits per heavy atom. The summed E-state index contributed by atoms with van der Waals surface area (Å²) in [4.78, 5) is 36.0. The fourth-order valence-corrected chi connectivity index (χ4v) is 3.11.